The molecule has 29 heavy (non-hydrogen) atoms. The van der Waals surface area contributed by atoms with Gasteiger partial charge in [0.15, 0.2) is 0 Å². The summed E-state index contributed by atoms with van der Waals surface area (Å²) in [6.45, 7) is 10.8. The molecule has 0 saturated heterocycles. The smallest absolute Gasteiger partial charge is 0.381 e. The number of hydrogen-bond donors (Lipinski definition) is 0. The molecule has 0 heterocycles. The Hall–Kier alpha value is -0.0731. The van der Waals surface area contributed by atoms with Crippen LogP contribution >= 0.6 is 0 Å². The Balaban J connectivity index is 3.26. The second-order valence-electron chi connectivity index (χ2n) is 9.45. The van der Waals surface area contributed by atoms with Gasteiger partial charge in [0.1, 0.15) is 0 Å². The summed E-state index contributed by atoms with van der Waals surface area (Å²) in [5.74, 6) is 0. The lowest BCUT2D eigenvalue weighted by Gasteiger charge is -2.23. The molecule has 0 spiro atoms. The zero-order valence-electron chi connectivity index (χ0n) is 19.5. The number of rotatable bonds is 20. The molecule has 0 unspecified atom stereocenters. The Labute approximate surface area is 179 Å². The van der Waals surface area contributed by atoms with E-state index in [-0.39, 0.29) is 0 Å². The maximum atomic E-state index is 12.4. The molecule has 0 N–H and O–H groups in total. The van der Waals surface area contributed by atoms with Crippen LogP contribution in [0, 0.1) is 0 Å². The van der Waals surface area contributed by atoms with Crippen molar-refractivity contribution in [2.75, 3.05) is 19.8 Å². The minimum atomic E-state index is -3.99. The summed E-state index contributed by atoms with van der Waals surface area (Å²) in [7, 11) is -1.66. The molecule has 0 aliphatic rings. The van der Waals surface area contributed by atoms with Crippen LogP contribution in [0.4, 0.5) is 13.2 Å². The second-order valence-corrected chi connectivity index (χ2v) is 14.8. The predicted molar refractivity (Wildman–Crippen MR) is 120 cm³/mol. The van der Waals surface area contributed by atoms with E-state index in [2.05, 4.69) is 26.9 Å². The summed E-state index contributed by atoms with van der Waals surface area (Å²) >= 11 is 0. The zero-order chi connectivity index (χ0) is 22.0. The van der Waals surface area contributed by atoms with Crippen LogP contribution in [-0.2, 0) is 9.47 Å². The van der Waals surface area contributed by atoms with Crippen molar-refractivity contribution >= 4 is 8.07 Å². The van der Waals surface area contributed by atoms with E-state index in [4.69, 9.17) is 9.47 Å². The van der Waals surface area contributed by atoms with Gasteiger partial charge in [-0.1, -0.05) is 76.9 Å². The Bertz CT molecular complexity index is 361. The summed E-state index contributed by atoms with van der Waals surface area (Å²) in [4.78, 5) is 0. The first kappa shape index (κ1) is 28.9. The highest BCUT2D eigenvalue weighted by atomic mass is 28.3. The zero-order valence-corrected chi connectivity index (χ0v) is 20.5. The molecule has 0 aromatic rings. The van der Waals surface area contributed by atoms with Crippen molar-refractivity contribution in [2.24, 2.45) is 0 Å². The van der Waals surface area contributed by atoms with Gasteiger partial charge in [-0.05, 0) is 32.7 Å². The molecule has 0 aromatic carbocycles. The summed E-state index contributed by atoms with van der Waals surface area (Å²) in [5, 5.41) is 0. The third-order valence-corrected chi connectivity index (χ3v) is 8.67. The number of hydrogen-bond acceptors (Lipinski definition) is 2. The summed E-state index contributed by atoms with van der Waals surface area (Å²) in [6, 6.07) is 1.42. The predicted octanol–water partition coefficient (Wildman–Crippen LogP) is 8.38. The highest BCUT2D eigenvalue weighted by Gasteiger charge is 2.31. The van der Waals surface area contributed by atoms with Crippen LogP contribution in [0.25, 0.3) is 0 Å². The molecule has 0 radical (unpaired) electrons. The Kier molecular flexibility index (Phi) is 17.5. The van der Waals surface area contributed by atoms with E-state index < -0.39 is 20.7 Å². The maximum Gasteiger partial charge on any atom is 0.388 e. The minimum Gasteiger partial charge on any atom is -0.381 e. The van der Waals surface area contributed by atoms with E-state index in [1.54, 1.807) is 0 Å². The molecule has 0 amide bonds. The minimum absolute atomic E-state index is 0.306. The number of alkyl halides is 3. The second kappa shape index (κ2) is 17.6. The number of ether oxygens (including phenoxy) is 2. The van der Waals surface area contributed by atoms with Crippen molar-refractivity contribution in [2.45, 2.75) is 128 Å². The largest absolute Gasteiger partial charge is 0.388 e. The third kappa shape index (κ3) is 24.1. The fourth-order valence-corrected chi connectivity index (χ4v) is 5.83. The Morgan fingerprint density at radius 1 is 0.655 bits per heavy atom. The fourth-order valence-electron chi connectivity index (χ4n) is 3.41. The van der Waals surface area contributed by atoms with Crippen molar-refractivity contribution in [3.63, 3.8) is 0 Å². The van der Waals surface area contributed by atoms with Gasteiger partial charge in [0.2, 0.25) is 0 Å². The summed E-state index contributed by atoms with van der Waals surface area (Å²) in [6.07, 6.45) is 9.10. The SMILES string of the molecule is CC(C)OCCCOCCCCCCCCCCCC[Si](C)(C)CCC(F)(F)F. The van der Waals surface area contributed by atoms with Crippen LogP contribution in [0.15, 0.2) is 0 Å². The van der Waals surface area contributed by atoms with Gasteiger partial charge < -0.3 is 9.47 Å². The quantitative estimate of drug-likeness (QED) is 0.140. The molecule has 0 aliphatic carbocycles. The normalized spacial score (nSPS) is 12.8. The van der Waals surface area contributed by atoms with Gasteiger partial charge in [-0.15, -0.1) is 0 Å². The lowest BCUT2D eigenvalue weighted by Crippen LogP contribution is -2.27. The number of unbranched alkanes of at least 4 members (excludes halogenated alkanes) is 9. The van der Waals surface area contributed by atoms with Crippen molar-refractivity contribution in [1.29, 1.82) is 0 Å². The topological polar surface area (TPSA) is 18.5 Å². The molecule has 0 atom stereocenters. The molecule has 2 nitrogen and oxygen atoms in total. The van der Waals surface area contributed by atoms with Crippen LogP contribution in [0.2, 0.25) is 25.2 Å². The van der Waals surface area contributed by atoms with Gasteiger partial charge in [0, 0.05) is 34.3 Å². The molecule has 0 saturated carbocycles. The summed E-state index contributed by atoms with van der Waals surface area (Å²) < 4.78 is 48.2. The van der Waals surface area contributed by atoms with Crippen LogP contribution in [0.5, 0.6) is 0 Å². The fraction of sp³-hybridized carbons (Fsp3) is 1.00. The van der Waals surface area contributed by atoms with E-state index in [9.17, 15) is 13.2 Å². The maximum absolute atomic E-state index is 12.4. The summed E-state index contributed by atoms with van der Waals surface area (Å²) in [5.41, 5.74) is 0. The Morgan fingerprint density at radius 3 is 1.66 bits per heavy atom. The molecule has 0 fully saturated rings. The van der Waals surface area contributed by atoms with Crippen molar-refractivity contribution in [1.82, 2.24) is 0 Å². The van der Waals surface area contributed by atoms with Crippen molar-refractivity contribution in [3.8, 4) is 0 Å². The van der Waals surface area contributed by atoms with Gasteiger partial charge in [-0.3, -0.25) is 0 Å². The molecule has 6 heteroatoms. The average Bonchev–Trinajstić information content (AvgIpc) is 2.62. The van der Waals surface area contributed by atoms with Crippen molar-refractivity contribution in [3.05, 3.63) is 0 Å². The molecule has 0 aliphatic heterocycles. The van der Waals surface area contributed by atoms with Crippen LogP contribution in [0.3, 0.4) is 0 Å². The van der Waals surface area contributed by atoms with Gasteiger partial charge >= 0.3 is 6.18 Å². The van der Waals surface area contributed by atoms with E-state index in [0.717, 1.165) is 45.1 Å². The highest BCUT2D eigenvalue weighted by Crippen LogP contribution is 2.29. The first-order chi connectivity index (χ1) is 13.6. The van der Waals surface area contributed by atoms with Gasteiger partial charge in [0.05, 0.1) is 6.10 Å². The molecular formula is C23H47F3O2Si. The average molecular weight is 441 g/mol. The van der Waals surface area contributed by atoms with Gasteiger partial charge in [0.25, 0.3) is 0 Å². The highest BCUT2D eigenvalue weighted by molar-refractivity contribution is 6.77. The van der Waals surface area contributed by atoms with Crippen LogP contribution in [-0.4, -0.2) is 40.2 Å². The molecule has 0 bridgehead atoms. The lowest BCUT2D eigenvalue weighted by atomic mass is 10.1. The molecule has 176 valence electrons. The first-order valence-electron chi connectivity index (χ1n) is 11.9. The standard InChI is InChI=1S/C23H47F3O2Si/c1-22(2)28-19-15-18-27-17-13-11-9-7-5-6-8-10-12-14-20-29(3,4)21-16-23(24,25)26/h22H,5-21H2,1-4H3. The van der Waals surface area contributed by atoms with Crippen molar-refractivity contribution < 1.29 is 22.6 Å². The van der Waals surface area contributed by atoms with Gasteiger partial charge in [-0.25, -0.2) is 0 Å². The van der Waals surface area contributed by atoms with E-state index in [1.807, 2.05) is 0 Å². The molecular weight excluding hydrogens is 393 g/mol. The monoisotopic (exact) mass is 440 g/mol. The first-order valence-corrected chi connectivity index (χ1v) is 15.3. The molecule has 0 aromatic heterocycles. The Morgan fingerprint density at radius 2 is 1.14 bits per heavy atom. The van der Waals surface area contributed by atoms with E-state index in [1.165, 1.54) is 51.4 Å². The van der Waals surface area contributed by atoms with Crippen LogP contribution in [0.1, 0.15) is 90.9 Å². The lowest BCUT2D eigenvalue weighted by molar-refractivity contribution is -0.130. The molecule has 0 rings (SSSR count). The van der Waals surface area contributed by atoms with Crippen LogP contribution < -0.4 is 0 Å². The van der Waals surface area contributed by atoms with E-state index >= 15 is 0 Å². The van der Waals surface area contributed by atoms with Gasteiger partial charge in [-0.2, -0.15) is 13.2 Å². The van der Waals surface area contributed by atoms with E-state index in [0.29, 0.717) is 12.1 Å². The number of halogens is 3. The third-order valence-electron chi connectivity index (χ3n) is 5.36.